The second-order valence-corrected chi connectivity index (χ2v) is 5.11. The predicted molar refractivity (Wildman–Crippen MR) is 48.9 cm³/mol. The van der Waals surface area contributed by atoms with Gasteiger partial charge in [-0.05, 0) is 10.4 Å². The Balaban J connectivity index is 3.09. The lowest BCUT2D eigenvalue weighted by Gasteiger charge is -2.08. The van der Waals surface area contributed by atoms with Gasteiger partial charge in [0, 0.05) is 0 Å². The molecule has 1 rings (SSSR count). The van der Waals surface area contributed by atoms with Crippen molar-refractivity contribution in [3.05, 3.63) is 24.3 Å². The van der Waals surface area contributed by atoms with Crippen LogP contribution in [0.4, 0.5) is 0 Å². The van der Waals surface area contributed by atoms with Crippen LogP contribution in [0.2, 0.25) is 0 Å². The number of hydrogen-bond acceptors (Lipinski definition) is 4. The van der Waals surface area contributed by atoms with E-state index in [4.69, 9.17) is 19.2 Å². The highest BCUT2D eigenvalue weighted by Crippen LogP contribution is 1.83. The van der Waals surface area contributed by atoms with Gasteiger partial charge in [-0.1, -0.05) is 24.3 Å². The van der Waals surface area contributed by atoms with E-state index in [2.05, 4.69) is 0 Å². The largest absolute Gasteiger partial charge is 0.410 e. The Kier molecular flexibility index (Phi) is 3.15. The van der Waals surface area contributed by atoms with Crippen molar-refractivity contribution in [2.75, 3.05) is 0 Å². The van der Waals surface area contributed by atoms with Gasteiger partial charge in [-0.25, -0.2) is 0 Å². The van der Waals surface area contributed by atoms with Crippen molar-refractivity contribution in [1.82, 2.24) is 0 Å². The smallest absolute Gasteiger partial charge is 0.350 e. The first-order chi connectivity index (χ1) is 5.63. The second-order valence-electron chi connectivity index (χ2n) is 2.38. The summed E-state index contributed by atoms with van der Waals surface area (Å²) in [5, 5.41) is 0.610. The zero-order chi connectivity index (χ0) is 9.14. The summed E-state index contributed by atoms with van der Waals surface area (Å²) in [6.45, 7) is 0. The summed E-state index contributed by atoms with van der Waals surface area (Å²) in [6.07, 6.45) is 0. The van der Waals surface area contributed by atoms with Crippen LogP contribution in [0.1, 0.15) is 0 Å². The molecule has 0 saturated heterocycles. The Labute approximate surface area is 73.1 Å². The van der Waals surface area contributed by atoms with Crippen LogP contribution in [0.25, 0.3) is 0 Å². The van der Waals surface area contributed by atoms with Gasteiger partial charge < -0.3 is 19.2 Å². The minimum atomic E-state index is -2.91. The maximum Gasteiger partial charge on any atom is 0.350 e. The lowest BCUT2D eigenvalue weighted by molar-refractivity contribution is 0.419. The molecular formula is C6H10O4Si2. The third-order valence-electron chi connectivity index (χ3n) is 1.55. The molecule has 0 aliphatic carbocycles. The standard InChI is InChI=1S/C6H10O4Si2/c7-11(8)5-3-1-2-4-6(5)12(9)10/h1-4,7-12H. The molecule has 1 aromatic carbocycles. The highest BCUT2D eigenvalue weighted by molar-refractivity contribution is 6.71. The molecule has 0 heterocycles. The average Bonchev–Trinajstić information content (AvgIpc) is 2.04. The van der Waals surface area contributed by atoms with E-state index in [-0.39, 0.29) is 0 Å². The van der Waals surface area contributed by atoms with Crippen LogP contribution in [0.3, 0.4) is 0 Å². The third kappa shape index (κ3) is 2.00. The zero-order valence-corrected chi connectivity index (χ0v) is 8.56. The Morgan fingerprint density at radius 2 is 1.08 bits per heavy atom. The molecular weight excluding hydrogens is 192 g/mol. The Bertz CT molecular complexity index is 236. The second kappa shape index (κ2) is 3.94. The maximum atomic E-state index is 8.95. The van der Waals surface area contributed by atoms with E-state index in [0.717, 1.165) is 0 Å². The number of rotatable bonds is 2. The normalized spacial score (nSPS) is 11.2. The van der Waals surface area contributed by atoms with Crippen LogP contribution in [-0.2, 0) is 0 Å². The molecule has 0 atom stereocenters. The first-order valence-corrected chi connectivity index (χ1v) is 6.66. The van der Waals surface area contributed by atoms with Crippen molar-refractivity contribution in [2.24, 2.45) is 0 Å². The van der Waals surface area contributed by atoms with Gasteiger partial charge >= 0.3 is 18.6 Å². The molecule has 6 heteroatoms. The van der Waals surface area contributed by atoms with E-state index in [9.17, 15) is 0 Å². The molecule has 0 bridgehead atoms. The SMILES string of the molecule is O[SiH](O)c1ccccc1[SiH](O)O. The molecule has 0 spiro atoms. The summed E-state index contributed by atoms with van der Waals surface area (Å²) in [4.78, 5) is 35.8. The van der Waals surface area contributed by atoms with E-state index in [1.165, 1.54) is 12.1 Å². The fraction of sp³-hybridized carbons (Fsp3) is 0. The third-order valence-corrected chi connectivity index (χ3v) is 4.05. The van der Waals surface area contributed by atoms with Gasteiger partial charge in [0.2, 0.25) is 0 Å². The lowest BCUT2D eigenvalue weighted by Crippen LogP contribution is -2.49. The lowest BCUT2D eigenvalue weighted by atomic mass is 10.4. The monoisotopic (exact) mass is 202 g/mol. The van der Waals surface area contributed by atoms with E-state index in [0.29, 0.717) is 10.4 Å². The van der Waals surface area contributed by atoms with E-state index in [1.54, 1.807) is 12.1 Å². The molecule has 0 aliphatic rings. The van der Waals surface area contributed by atoms with E-state index in [1.807, 2.05) is 0 Å². The van der Waals surface area contributed by atoms with Crippen LogP contribution in [0.5, 0.6) is 0 Å². The van der Waals surface area contributed by atoms with Gasteiger partial charge in [-0.3, -0.25) is 0 Å². The summed E-state index contributed by atoms with van der Waals surface area (Å²) >= 11 is 0. The molecule has 1 aromatic rings. The van der Waals surface area contributed by atoms with E-state index >= 15 is 0 Å². The number of benzene rings is 1. The highest BCUT2D eigenvalue weighted by atomic mass is 28.3. The Morgan fingerprint density at radius 3 is 1.33 bits per heavy atom. The molecule has 0 saturated carbocycles. The van der Waals surface area contributed by atoms with Gasteiger partial charge in [0.1, 0.15) is 0 Å². The molecule has 4 nitrogen and oxygen atoms in total. The molecule has 0 aromatic heterocycles. The van der Waals surface area contributed by atoms with Gasteiger partial charge in [0.05, 0.1) is 0 Å². The first-order valence-electron chi connectivity index (χ1n) is 3.44. The molecule has 4 N–H and O–H groups in total. The molecule has 0 radical (unpaired) electrons. The topological polar surface area (TPSA) is 80.9 Å². The molecule has 0 amide bonds. The van der Waals surface area contributed by atoms with Gasteiger partial charge in [-0.2, -0.15) is 0 Å². The quantitative estimate of drug-likeness (QED) is 0.375. The maximum absolute atomic E-state index is 8.95. The van der Waals surface area contributed by atoms with Crippen molar-refractivity contribution in [1.29, 1.82) is 0 Å². The minimum Gasteiger partial charge on any atom is -0.410 e. The van der Waals surface area contributed by atoms with Crippen molar-refractivity contribution in [3.63, 3.8) is 0 Å². The van der Waals surface area contributed by atoms with Crippen LogP contribution in [0, 0.1) is 0 Å². The Hall–Kier alpha value is -0.506. The fourth-order valence-corrected chi connectivity index (χ4v) is 3.23. The van der Waals surface area contributed by atoms with Crippen LogP contribution < -0.4 is 10.4 Å². The fourth-order valence-electron chi connectivity index (χ4n) is 0.981. The minimum absolute atomic E-state index is 0.305. The summed E-state index contributed by atoms with van der Waals surface area (Å²) in [7, 11) is -5.82. The van der Waals surface area contributed by atoms with Gasteiger partial charge in [-0.15, -0.1) is 0 Å². The number of hydrogen-bond donors (Lipinski definition) is 4. The summed E-state index contributed by atoms with van der Waals surface area (Å²) < 4.78 is 0. The molecule has 0 fully saturated rings. The summed E-state index contributed by atoms with van der Waals surface area (Å²) in [5.74, 6) is 0. The zero-order valence-electron chi connectivity index (χ0n) is 6.25. The summed E-state index contributed by atoms with van der Waals surface area (Å²) in [6, 6.07) is 6.31. The van der Waals surface area contributed by atoms with Crippen molar-refractivity contribution in [2.45, 2.75) is 0 Å². The van der Waals surface area contributed by atoms with Gasteiger partial charge in [0.15, 0.2) is 0 Å². The van der Waals surface area contributed by atoms with Gasteiger partial charge in [0.25, 0.3) is 0 Å². The van der Waals surface area contributed by atoms with Crippen LogP contribution >= 0.6 is 0 Å². The van der Waals surface area contributed by atoms with Crippen molar-refractivity contribution >= 4 is 28.9 Å². The molecule has 0 aliphatic heterocycles. The van der Waals surface area contributed by atoms with E-state index < -0.39 is 18.6 Å². The predicted octanol–water partition coefficient (Wildman–Crippen LogP) is -3.49. The van der Waals surface area contributed by atoms with Crippen LogP contribution in [0.15, 0.2) is 24.3 Å². The van der Waals surface area contributed by atoms with Crippen LogP contribution in [-0.4, -0.2) is 37.8 Å². The Morgan fingerprint density at radius 1 is 0.750 bits per heavy atom. The summed E-state index contributed by atoms with van der Waals surface area (Å²) in [5.41, 5.74) is 0. The molecule has 12 heavy (non-hydrogen) atoms. The first kappa shape index (κ1) is 9.58. The van der Waals surface area contributed by atoms with Crippen molar-refractivity contribution in [3.8, 4) is 0 Å². The van der Waals surface area contributed by atoms with Crippen molar-refractivity contribution < 1.29 is 19.2 Å². The molecule has 66 valence electrons. The average molecular weight is 202 g/mol. The molecule has 0 unspecified atom stereocenters. The highest BCUT2D eigenvalue weighted by Gasteiger charge is 2.17.